The topological polar surface area (TPSA) is 97.9 Å². The van der Waals surface area contributed by atoms with E-state index in [4.69, 9.17) is 26.4 Å². The van der Waals surface area contributed by atoms with E-state index in [9.17, 15) is 9.59 Å². The van der Waals surface area contributed by atoms with Gasteiger partial charge in [0.15, 0.2) is 11.7 Å². The van der Waals surface area contributed by atoms with Crippen LogP contribution in [0.3, 0.4) is 0 Å². The van der Waals surface area contributed by atoms with E-state index < -0.39 is 11.8 Å². The number of hydrazine groups is 1. The van der Waals surface area contributed by atoms with Crippen LogP contribution in [-0.2, 0) is 9.53 Å². The molecular weight excluding hydrogens is 406 g/mol. The molecule has 0 fully saturated rings. The van der Waals surface area contributed by atoms with Crippen molar-refractivity contribution in [1.29, 1.82) is 0 Å². The zero-order valence-electron chi connectivity index (χ0n) is 16.9. The lowest BCUT2D eigenvalue weighted by atomic mass is 10.2. The van der Waals surface area contributed by atoms with Crippen molar-refractivity contribution >= 4 is 29.1 Å². The van der Waals surface area contributed by atoms with Crippen LogP contribution in [0.1, 0.15) is 22.8 Å². The lowest BCUT2D eigenvalue weighted by Crippen LogP contribution is -2.49. The fourth-order valence-corrected chi connectivity index (χ4v) is 2.36. The van der Waals surface area contributed by atoms with Crippen molar-refractivity contribution < 1.29 is 23.8 Å². The van der Waals surface area contributed by atoms with E-state index in [-0.39, 0.29) is 11.7 Å². The second-order valence-corrected chi connectivity index (χ2v) is 6.54. The summed E-state index contributed by atoms with van der Waals surface area (Å²) in [5.41, 5.74) is 6.31. The van der Waals surface area contributed by atoms with Gasteiger partial charge in [0.1, 0.15) is 18.1 Å². The smallest absolute Gasteiger partial charge is 0.276 e. The first-order chi connectivity index (χ1) is 14.5. The Morgan fingerprint density at radius 3 is 2.20 bits per heavy atom. The Hall–Kier alpha value is -3.17. The summed E-state index contributed by atoms with van der Waals surface area (Å²) in [7, 11) is 0. The number of thiocarbonyl (C=S) groups is 1. The molecule has 2 aromatic rings. The maximum atomic E-state index is 12.2. The molecule has 0 saturated heterocycles. The van der Waals surface area contributed by atoms with Gasteiger partial charge in [0.25, 0.3) is 11.8 Å². The molecule has 2 aromatic carbocycles. The van der Waals surface area contributed by atoms with Gasteiger partial charge in [-0.3, -0.25) is 25.8 Å². The largest absolute Gasteiger partial charge is 0.491 e. The molecule has 0 heterocycles. The summed E-state index contributed by atoms with van der Waals surface area (Å²) in [4.78, 5) is 24.0. The second kappa shape index (κ2) is 12.4. The van der Waals surface area contributed by atoms with Crippen LogP contribution >= 0.6 is 12.2 Å². The lowest BCUT2D eigenvalue weighted by molar-refractivity contribution is -0.123. The van der Waals surface area contributed by atoms with Crippen molar-refractivity contribution in [2.24, 2.45) is 0 Å². The standard InChI is InChI=1S/C21H25N3O5S/c1-3-27-12-13-28-17-10-6-16(7-11-17)20(26)22-21(30)24-23-19(25)14-29-18-8-4-15(2)5-9-18/h4-11H,3,12-14H2,1-2H3,(H,23,25)(H2,22,24,26,30). The number of hydrogen-bond acceptors (Lipinski definition) is 6. The maximum Gasteiger partial charge on any atom is 0.276 e. The van der Waals surface area contributed by atoms with Crippen LogP contribution in [-0.4, -0.2) is 43.4 Å². The first-order valence-corrected chi connectivity index (χ1v) is 9.79. The molecule has 0 atom stereocenters. The normalized spacial score (nSPS) is 10.1. The lowest BCUT2D eigenvalue weighted by Gasteiger charge is -2.12. The molecule has 2 amide bonds. The van der Waals surface area contributed by atoms with Crippen molar-refractivity contribution in [2.45, 2.75) is 13.8 Å². The molecule has 160 valence electrons. The Morgan fingerprint density at radius 2 is 1.53 bits per heavy atom. The molecule has 0 aliphatic rings. The molecule has 0 bridgehead atoms. The fraction of sp³-hybridized carbons (Fsp3) is 0.286. The van der Waals surface area contributed by atoms with Gasteiger partial charge in [0.2, 0.25) is 0 Å². The minimum atomic E-state index is -0.444. The summed E-state index contributed by atoms with van der Waals surface area (Å²) < 4.78 is 16.0. The van der Waals surface area contributed by atoms with Gasteiger partial charge in [-0.25, -0.2) is 0 Å². The zero-order valence-corrected chi connectivity index (χ0v) is 17.7. The SMILES string of the molecule is CCOCCOc1ccc(C(=O)NC(=S)NNC(=O)COc2ccc(C)cc2)cc1. The van der Waals surface area contributed by atoms with Crippen molar-refractivity contribution in [3.05, 3.63) is 59.7 Å². The number of rotatable bonds is 9. The highest BCUT2D eigenvalue weighted by molar-refractivity contribution is 7.80. The quantitative estimate of drug-likeness (QED) is 0.318. The highest BCUT2D eigenvalue weighted by Gasteiger charge is 2.09. The maximum absolute atomic E-state index is 12.2. The molecule has 0 spiro atoms. The van der Waals surface area contributed by atoms with Crippen molar-refractivity contribution in [3.63, 3.8) is 0 Å². The summed E-state index contributed by atoms with van der Waals surface area (Å²) in [6, 6.07) is 13.9. The number of nitrogens with one attached hydrogen (secondary N) is 3. The average molecular weight is 432 g/mol. The number of carbonyl (C=O) groups is 2. The summed E-state index contributed by atoms with van der Waals surface area (Å²) in [5, 5.41) is 2.44. The molecule has 0 aromatic heterocycles. The average Bonchev–Trinajstić information content (AvgIpc) is 2.75. The number of carbonyl (C=O) groups excluding carboxylic acids is 2. The number of benzene rings is 2. The molecule has 0 radical (unpaired) electrons. The molecular formula is C21H25N3O5S. The van der Waals surface area contributed by atoms with E-state index in [1.807, 2.05) is 26.0 Å². The van der Waals surface area contributed by atoms with E-state index >= 15 is 0 Å². The third kappa shape index (κ3) is 8.46. The minimum Gasteiger partial charge on any atom is -0.491 e. The Morgan fingerprint density at radius 1 is 0.900 bits per heavy atom. The molecule has 8 nitrogen and oxygen atoms in total. The Balaban J connectivity index is 1.68. The van der Waals surface area contributed by atoms with Crippen LogP contribution in [0.25, 0.3) is 0 Å². The fourth-order valence-electron chi connectivity index (χ4n) is 2.22. The number of aryl methyl sites for hydroxylation is 1. The number of amides is 2. The minimum absolute atomic E-state index is 0.0410. The third-order valence-electron chi connectivity index (χ3n) is 3.75. The monoisotopic (exact) mass is 431 g/mol. The van der Waals surface area contributed by atoms with Crippen LogP contribution in [0.5, 0.6) is 11.5 Å². The summed E-state index contributed by atoms with van der Waals surface area (Å²) in [6.45, 7) is 5.24. The molecule has 0 saturated carbocycles. The third-order valence-corrected chi connectivity index (χ3v) is 3.95. The molecule has 2 rings (SSSR count). The van der Waals surface area contributed by atoms with E-state index in [0.29, 0.717) is 36.9 Å². The first kappa shape index (κ1) is 23.1. The van der Waals surface area contributed by atoms with Crippen molar-refractivity contribution in [2.75, 3.05) is 26.4 Å². The molecule has 30 heavy (non-hydrogen) atoms. The zero-order chi connectivity index (χ0) is 21.8. The van der Waals surface area contributed by atoms with Crippen LogP contribution in [0.4, 0.5) is 0 Å². The highest BCUT2D eigenvalue weighted by Crippen LogP contribution is 2.12. The Bertz CT molecular complexity index is 841. The van der Waals surface area contributed by atoms with Crippen LogP contribution < -0.4 is 25.6 Å². The van der Waals surface area contributed by atoms with Crippen LogP contribution in [0, 0.1) is 6.92 Å². The first-order valence-electron chi connectivity index (χ1n) is 9.38. The summed E-state index contributed by atoms with van der Waals surface area (Å²) in [5.74, 6) is 0.351. The predicted molar refractivity (Wildman–Crippen MR) is 116 cm³/mol. The van der Waals surface area contributed by atoms with Gasteiger partial charge in [-0.1, -0.05) is 17.7 Å². The van der Waals surface area contributed by atoms with Gasteiger partial charge in [-0.2, -0.15) is 0 Å². The van der Waals surface area contributed by atoms with Crippen molar-refractivity contribution in [1.82, 2.24) is 16.2 Å². The Labute approximate surface area is 180 Å². The highest BCUT2D eigenvalue weighted by atomic mass is 32.1. The van der Waals surface area contributed by atoms with Gasteiger partial charge >= 0.3 is 0 Å². The van der Waals surface area contributed by atoms with E-state index in [1.165, 1.54) is 0 Å². The molecule has 9 heteroatoms. The number of hydrogen-bond donors (Lipinski definition) is 3. The predicted octanol–water partition coefficient (Wildman–Crippen LogP) is 2.12. The summed E-state index contributed by atoms with van der Waals surface area (Å²) in [6.07, 6.45) is 0. The van der Waals surface area contributed by atoms with Crippen LogP contribution in [0.15, 0.2) is 48.5 Å². The Kier molecular flexibility index (Phi) is 9.56. The molecule has 0 unspecified atom stereocenters. The van der Waals surface area contributed by atoms with Gasteiger partial charge in [-0.15, -0.1) is 0 Å². The van der Waals surface area contributed by atoms with Crippen molar-refractivity contribution in [3.8, 4) is 11.5 Å². The van der Waals surface area contributed by atoms with Gasteiger partial charge < -0.3 is 14.2 Å². The molecule has 0 aliphatic heterocycles. The molecule has 3 N–H and O–H groups in total. The second-order valence-electron chi connectivity index (χ2n) is 6.13. The van der Waals surface area contributed by atoms with Gasteiger partial charge in [0, 0.05) is 12.2 Å². The van der Waals surface area contributed by atoms with Gasteiger partial charge in [0.05, 0.1) is 6.61 Å². The van der Waals surface area contributed by atoms with E-state index in [1.54, 1.807) is 36.4 Å². The summed E-state index contributed by atoms with van der Waals surface area (Å²) >= 11 is 5.01. The van der Waals surface area contributed by atoms with Gasteiger partial charge in [-0.05, 0) is 62.5 Å². The number of ether oxygens (including phenoxy) is 3. The molecule has 0 aliphatic carbocycles. The van der Waals surface area contributed by atoms with E-state index in [2.05, 4.69) is 16.2 Å². The van der Waals surface area contributed by atoms with Crippen LogP contribution in [0.2, 0.25) is 0 Å². The van der Waals surface area contributed by atoms with E-state index in [0.717, 1.165) is 5.56 Å².